The van der Waals surface area contributed by atoms with Crippen LogP contribution in [0.4, 0.5) is 0 Å². The fraction of sp³-hybridized carbons (Fsp3) is 0.400. The first-order chi connectivity index (χ1) is 10.2. The van der Waals surface area contributed by atoms with Gasteiger partial charge in [0, 0.05) is 24.5 Å². The van der Waals surface area contributed by atoms with Crippen LogP contribution in [0, 0.1) is 5.92 Å². The van der Waals surface area contributed by atoms with Crippen LogP contribution in [0.2, 0.25) is 0 Å². The van der Waals surface area contributed by atoms with E-state index in [0.717, 1.165) is 32.3 Å². The van der Waals surface area contributed by atoms with Gasteiger partial charge in [0.2, 0.25) is 0 Å². The number of amides is 1. The first-order valence-electron chi connectivity index (χ1n) is 7.10. The molecule has 0 saturated carbocycles. The number of carbonyl (C=O) groups excluding carboxylic acids is 2. The van der Waals surface area contributed by atoms with Crippen LogP contribution >= 0.6 is 0 Å². The molecule has 2 aromatic heterocycles. The third-order valence-electron chi connectivity index (χ3n) is 4.50. The number of furan rings is 1. The molecular weight excluding hydrogens is 270 g/mol. The van der Waals surface area contributed by atoms with Crippen LogP contribution in [0.5, 0.6) is 0 Å². The van der Waals surface area contributed by atoms with E-state index >= 15 is 0 Å². The molecule has 6 nitrogen and oxygen atoms in total. The van der Waals surface area contributed by atoms with Crippen LogP contribution in [0.1, 0.15) is 27.3 Å². The van der Waals surface area contributed by atoms with E-state index in [1.54, 1.807) is 6.07 Å². The smallest absolute Gasteiger partial charge is 0.270 e. The lowest BCUT2D eigenvalue weighted by atomic mass is 10.00. The molecule has 108 valence electrons. The van der Waals surface area contributed by atoms with Crippen molar-refractivity contribution < 1.29 is 14.0 Å². The molecule has 0 aromatic carbocycles. The summed E-state index contributed by atoms with van der Waals surface area (Å²) in [5.74, 6) is 0.367. The van der Waals surface area contributed by atoms with Crippen molar-refractivity contribution in [1.29, 1.82) is 0 Å². The molecule has 2 saturated heterocycles. The van der Waals surface area contributed by atoms with E-state index in [-0.39, 0.29) is 11.9 Å². The van der Waals surface area contributed by atoms with Crippen molar-refractivity contribution >= 4 is 23.2 Å². The summed E-state index contributed by atoms with van der Waals surface area (Å²) in [4.78, 5) is 29.8. The van der Waals surface area contributed by atoms with Gasteiger partial charge in [0.1, 0.15) is 12.0 Å². The van der Waals surface area contributed by atoms with Crippen LogP contribution in [0.3, 0.4) is 0 Å². The lowest BCUT2D eigenvalue weighted by Gasteiger charge is -2.22. The van der Waals surface area contributed by atoms with Gasteiger partial charge in [0.15, 0.2) is 11.9 Å². The quantitative estimate of drug-likeness (QED) is 0.854. The molecular formula is C15H15N3O3. The summed E-state index contributed by atoms with van der Waals surface area (Å²) in [6.07, 6.45) is 4.73. The maximum Gasteiger partial charge on any atom is 0.270 e. The summed E-state index contributed by atoms with van der Waals surface area (Å²) in [5.41, 5.74) is 1.27. The number of hydrogen-bond acceptors (Lipinski definition) is 5. The fourth-order valence-electron chi connectivity index (χ4n) is 3.36. The molecule has 2 fully saturated rings. The summed E-state index contributed by atoms with van der Waals surface area (Å²) < 4.78 is 5.22. The number of pyridine rings is 1. The van der Waals surface area contributed by atoms with Crippen molar-refractivity contribution in [3.05, 3.63) is 29.8 Å². The number of aromatic nitrogens is 1. The van der Waals surface area contributed by atoms with E-state index in [0.29, 0.717) is 28.1 Å². The van der Waals surface area contributed by atoms with Gasteiger partial charge in [-0.3, -0.25) is 9.59 Å². The van der Waals surface area contributed by atoms with Crippen molar-refractivity contribution in [2.24, 2.45) is 5.92 Å². The summed E-state index contributed by atoms with van der Waals surface area (Å²) in [6, 6.07) is 1.82. The summed E-state index contributed by atoms with van der Waals surface area (Å²) >= 11 is 0. The Bertz CT molecular complexity index is 724. The normalized spacial score (nSPS) is 27.1. The molecule has 3 unspecified atom stereocenters. The molecule has 0 radical (unpaired) electrons. The highest BCUT2D eigenvalue weighted by Gasteiger charge is 2.38. The van der Waals surface area contributed by atoms with Gasteiger partial charge in [-0.1, -0.05) is 0 Å². The van der Waals surface area contributed by atoms with Crippen LogP contribution in [0.15, 0.2) is 22.9 Å². The zero-order valence-electron chi connectivity index (χ0n) is 11.4. The number of nitrogens with one attached hydrogen (secondary N) is 1. The minimum absolute atomic E-state index is 0.186. The number of fused-ring (bicyclic) bond motifs is 3. The number of carbonyl (C=O) groups is 2. The summed E-state index contributed by atoms with van der Waals surface area (Å²) in [7, 11) is 0. The predicted molar refractivity (Wildman–Crippen MR) is 75.2 cm³/mol. The third kappa shape index (κ3) is 2.03. The molecule has 0 aliphatic carbocycles. The highest BCUT2D eigenvalue weighted by Crippen LogP contribution is 2.28. The molecule has 2 aromatic rings. The van der Waals surface area contributed by atoms with Gasteiger partial charge in [0.05, 0.1) is 11.8 Å². The van der Waals surface area contributed by atoms with Gasteiger partial charge in [-0.05, 0) is 24.9 Å². The first kappa shape index (κ1) is 12.5. The molecule has 2 aliphatic rings. The van der Waals surface area contributed by atoms with Gasteiger partial charge in [-0.15, -0.1) is 0 Å². The maximum absolute atomic E-state index is 12.3. The molecule has 21 heavy (non-hydrogen) atoms. The van der Waals surface area contributed by atoms with E-state index in [9.17, 15) is 9.59 Å². The lowest BCUT2D eigenvalue weighted by molar-refractivity contribution is 0.0919. The van der Waals surface area contributed by atoms with Gasteiger partial charge >= 0.3 is 0 Å². The topological polar surface area (TPSA) is 75.4 Å². The van der Waals surface area contributed by atoms with Crippen molar-refractivity contribution in [3.8, 4) is 0 Å². The number of rotatable bonds is 3. The summed E-state index contributed by atoms with van der Waals surface area (Å²) in [5, 5.41) is 3.69. The zero-order chi connectivity index (χ0) is 14.4. The molecule has 2 bridgehead atoms. The van der Waals surface area contributed by atoms with E-state index in [1.807, 2.05) is 0 Å². The maximum atomic E-state index is 12.3. The summed E-state index contributed by atoms with van der Waals surface area (Å²) in [6.45, 7) is 3.14. The van der Waals surface area contributed by atoms with Gasteiger partial charge in [0.25, 0.3) is 5.91 Å². The SMILES string of the molecule is O=Cc1coc2cnc(C(=O)NC3CN4CCC3C4)cc12. The molecule has 4 rings (SSSR count). The van der Waals surface area contributed by atoms with Crippen molar-refractivity contribution in [1.82, 2.24) is 15.2 Å². The zero-order valence-corrected chi connectivity index (χ0v) is 11.4. The van der Waals surface area contributed by atoms with Crippen LogP contribution in [-0.4, -0.2) is 47.8 Å². The van der Waals surface area contributed by atoms with Crippen LogP contribution in [0.25, 0.3) is 11.0 Å². The Labute approximate surface area is 121 Å². The van der Waals surface area contributed by atoms with E-state index in [2.05, 4.69) is 15.2 Å². The Morgan fingerprint density at radius 3 is 3.10 bits per heavy atom. The van der Waals surface area contributed by atoms with Crippen molar-refractivity contribution in [3.63, 3.8) is 0 Å². The molecule has 2 aliphatic heterocycles. The minimum Gasteiger partial charge on any atom is -0.462 e. The second-order valence-corrected chi connectivity index (χ2v) is 5.76. The van der Waals surface area contributed by atoms with E-state index in [1.165, 1.54) is 12.5 Å². The fourth-order valence-corrected chi connectivity index (χ4v) is 3.36. The Morgan fingerprint density at radius 1 is 1.48 bits per heavy atom. The molecule has 0 spiro atoms. The van der Waals surface area contributed by atoms with E-state index in [4.69, 9.17) is 4.42 Å². The third-order valence-corrected chi connectivity index (χ3v) is 4.50. The highest BCUT2D eigenvalue weighted by molar-refractivity contribution is 6.00. The Morgan fingerprint density at radius 2 is 2.38 bits per heavy atom. The monoisotopic (exact) mass is 285 g/mol. The lowest BCUT2D eigenvalue weighted by Crippen LogP contribution is -2.43. The van der Waals surface area contributed by atoms with Crippen molar-refractivity contribution in [2.45, 2.75) is 12.5 Å². The van der Waals surface area contributed by atoms with E-state index < -0.39 is 0 Å². The largest absolute Gasteiger partial charge is 0.462 e. The number of piperidine rings is 1. The molecule has 3 atom stereocenters. The average molecular weight is 285 g/mol. The predicted octanol–water partition coefficient (Wildman–Crippen LogP) is 1.07. The van der Waals surface area contributed by atoms with Gasteiger partial charge in [-0.25, -0.2) is 4.98 Å². The minimum atomic E-state index is -0.186. The number of hydrogen-bond donors (Lipinski definition) is 1. The Hall–Kier alpha value is -2.21. The average Bonchev–Trinajstić information content (AvgIpc) is 3.21. The Balaban J connectivity index is 1.57. The number of nitrogens with zero attached hydrogens (tertiary/aromatic N) is 2. The molecule has 1 N–H and O–H groups in total. The van der Waals surface area contributed by atoms with Crippen LogP contribution < -0.4 is 5.32 Å². The standard InChI is InChI=1S/C15H15N3O3/c19-7-10-8-21-14-4-16-12(3-11(10)14)15(20)17-13-6-18-2-1-9(13)5-18/h3-4,7-9,13H,1-2,5-6H2,(H,17,20). The molecule has 6 heteroatoms. The first-order valence-corrected chi connectivity index (χ1v) is 7.10. The molecule has 4 heterocycles. The van der Waals surface area contributed by atoms with Gasteiger partial charge < -0.3 is 14.6 Å². The highest BCUT2D eigenvalue weighted by atomic mass is 16.3. The number of aldehydes is 1. The second kappa shape index (κ2) is 4.66. The van der Waals surface area contributed by atoms with Crippen molar-refractivity contribution in [2.75, 3.05) is 19.6 Å². The second-order valence-electron chi connectivity index (χ2n) is 5.76. The van der Waals surface area contributed by atoms with Crippen LogP contribution in [-0.2, 0) is 0 Å². The molecule has 1 amide bonds. The Kier molecular flexibility index (Phi) is 2.78. The van der Waals surface area contributed by atoms with Gasteiger partial charge in [-0.2, -0.15) is 0 Å².